The minimum absolute atomic E-state index is 0.0926. The molecule has 0 saturated heterocycles. The average Bonchev–Trinajstić information content (AvgIpc) is 2.95. The predicted molar refractivity (Wildman–Crippen MR) is 144 cm³/mol. The Hall–Kier alpha value is -3.76. The molecule has 2 rings (SSSR count). The summed E-state index contributed by atoms with van der Waals surface area (Å²) in [6.45, 7) is 3.51. The van der Waals surface area contributed by atoms with Gasteiger partial charge in [0.1, 0.15) is 18.1 Å². The van der Waals surface area contributed by atoms with Crippen molar-refractivity contribution in [3.8, 4) is 11.5 Å². The fourth-order valence-electron chi connectivity index (χ4n) is 2.49. The van der Waals surface area contributed by atoms with Gasteiger partial charge in [-0.05, 0) is 44.0 Å². The summed E-state index contributed by atoms with van der Waals surface area (Å²) in [5.74, 6) is 0.154. The van der Waals surface area contributed by atoms with Crippen LogP contribution in [-0.4, -0.2) is 62.3 Å². The summed E-state index contributed by atoms with van der Waals surface area (Å²) in [4.78, 5) is 43.5. The highest BCUT2D eigenvalue weighted by Gasteiger charge is 2.15. The Balaban J connectivity index is 0.000000948. The molecule has 2 aromatic rings. The number of amides is 2. The van der Waals surface area contributed by atoms with Crippen LogP contribution in [0.5, 0.6) is 11.5 Å². The summed E-state index contributed by atoms with van der Waals surface area (Å²) in [6, 6.07) is 17.9. The molecular formula is C28H40N2O8. The molecule has 1 atom stereocenters. The third-order valence-electron chi connectivity index (χ3n) is 4.68. The van der Waals surface area contributed by atoms with Gasteiger partial charge in [0, 0.05) is 33.5 Å². The van der Waals surface area contributed by atoms with Crippen LogP contribution in [0.25, 0.3) is 0 Å². The van der Waals surface area contributed by atoms with Gasteiger partial charge in [0.2, 0.25) is 11.8 Å². The van der Waals surface area contributed by atoms with E-state index in [1.807, 2.05) is 31.2 Å². The summed E-state index contributed by atoms with van der Waals surface area (Å²) < 4.78 is 15.9. The van der Waals surface area contributed by atoms with Crippen molar-refractivity contribution in [2.24, 2.45) is 0 Å². The number of benzene rings is 2. The molecule has 2 amide bonds. The van der Waals surface area contributed by atoms with Gasteiger partial charge in [-0.2, -0.15) is 0 Å². The van der Waals surface area contributed by atoms with Crippen molar-refractivity contribution >= 4 is 23.8 Å². The van der Waals surface area contributed by atoms with Crippen LogP contribution in [0.2, 0.25) is 0 Å². The molecule has 0 saturated carbocycles. The van der Waals surface area contributed by atoms with Gasteiger partial charge in [-0.25, -0.2) is 4.79 Å². The molecule has 2 aromatic carbocycles. The van der Waals surface area contributed by atoms with Crippen molar-refractivity contribution < 1.29 is 38.5 Å². The van der Waals surface area contributed by atoms with Crippen LogP contribution < -0.4 is 20.1 Å². The van der Waals surface area contributed by atoms with Crippen molar-refractivity contribution in [3.05, 3.63) is 60.7 Å². The standard InChI is InChI=1S/C21H24O5.C4H9NO.C3H7NO2/c1-17(21(23)26-19-13-7-3-8-14-19)24-16-10-4-9-15-20(22)25-18-11-5-2-6-12-18;1-3-4(6)5-2;1-4-3(6)2-5/h2-3,5-8,11-14,17H,4,9-10,15-16H2,1H3;3H2,1-2H3,(H,5,6);5H,2H2,1H3,(H,4,6). The highest BCUT2D eigenvalue weighted by molar-refractivity contribution is 5.77. The van der Waals surface area contributed by atoms with Crippen LogP contribution in [0, 0.1) is 0 Å². The number of likely N-dealkylation sites (N-methyl/N-ethyl adjacent to an activating group) is 1. The molecule has 10 heteroatoms. The van der Waals surface area contributed by atoms with Crippen molar-refractivity contribution in [3.63, 3.8) is 0 Å². The largest absolute Gasteiger partial charge is 0.427 e. The maximum atomic E-state index is 11.9. The zero-order chi connectivity index (χ0) is 28.6. The topological polar surface area (TPSA) is 140 Å². The fourth-order valence-corrected chi connectivity index (χ4v) is 2.49. The van der Waals surface area contributed by atoms with E-state index < -0.39 is 18.7 Å². The first-order valence-corrected chi connectivity index (χ1v) is 12.4. The number of nitrogens with one attached hydrogen (secondary N) is 2. The van der Waals surface area contributed by atoms with Crippen molar-refractivity contribution in [2.45, 2.75) is 52.1 Å². The van der Waals surface area contributed by atoms with Crippen LogP contribution in [0.15, 0.2) is 60.7 Å². The molecule has 0 aliphatic rings. The Morgan fingerprint density at radius 2 is 1.32 bits per heavy atom. The molecule has 3 N–H and O–H groups in total. The molecule has 210 valence electrons. The second-order valence-electron chi connectivity index (χ2n) is 7.70. The minimum atomic E-state index is -0.627. The van der Waals surface area contributed by atoms with Crippen molar-refractivity contribution in [1.82, 2.24) is 10.6 Å². The smallest absolute Gasteiger partial charge is 0.340 e. The Kier molecular flexibility index (Phi) is 20.2. The average molecular weight is 533 g/mol. The minimum Gasteiger partial charge on any atom is -0.427 e. The molecule has 0 spiro atoms. The highest BCUT2D eigenvalue weighted by atomic mass is 16.6. The van der Waals surface area contributed by atoms with E-state index in [1.54, 1.807) is 50.4 Å². The van der Waals surface area contributed by atoms with Gasteiger partial charge in [-0.15, -0.1) is 0 Å². The van der Waals surface area contributed by atoms with Crippen LogP contribution in [0.4, 0.5) is 0 Å². The molecule has 0 aromatic heterocycles. The van der Waals surface area contributed by atoms with Gasteiger partial charge in [-0.3, -0.25) is 14.4 Å². The lowest BCUT2D eigenvalue weighted by atomic mass is 10.2. The lowest BCUT2D eigenvalue weighted by Gasteiger charge is -2.12. The molecule has 0 radical (unpaired) electrons. The number of para-hydroxylation sites is 2. The monoisotopic (exact) mass is 532 g/mol. The third kappa shape index (κ3) is 18.5. The SMILES string of the molecule is CC(OCCCCCC(=O)Oc1ccccc1)C(=O)Oc1ccccc1.CCC(=O)NC.CNC(=O)CO. The van der Waals surface area contributed by atoms with E-state index >= 15 is 0 Å². The molecule has 0 aliphatic carbocycles. The molecule has 38 heavy (non-hydrogen) atoms. The van der Waals surface area contributed by atoms with Crippen molar-refractivity contribution in [2.75, 3.05) is 27.3 Å². The number of esters is 2. The number of ether oxygens (including phenoxy) is 3. The van der Waals surface area contributed by atoms with Crippen molar-refractivity contribution in [1.29, 1.82) is 0 Å². The van der Waals surface area contributed by atoms with Gasteiger partial charge in [0.15, 0.2) is 6.10 Å². The summed E-state index contributed by atoms with van der Waals surface area (Å²) in [6.07, 6.45) is 2.62. The van der Waals surface area contributed by atoms with Crippen LogP contribution >= 0.6 is 0 Å². The predicted octanol–water partition coefficient (Wildman–Crippen LogP) is 3.03. The number of aliphatic hydroxyl groups excluding tert-OH is 1. The summed E-state index contributed by atoms with van der Waals surface area (Å²) >= 11 is 0. The van der Waals surface area contributed by atoms with Crippen LogP contribution in [0.1, 0.15) is 46.0 Å². The molecule has 1 unspecified atom stereocenters. The van der Waals surface area contributed by atoms with Gasteiger partial charge in [0.25, 0.3) is 0 Å². The Bertz CT molecular complexity index is 895. The number of carbonyl (C=O) groups is 4. The van der Waals surface area contributed by atoms with E-state index in [1.165, 1.54) is 7.05 Å². The zero-order valence-corrected chi connectivity index (χ0v) is 22.6. The Morgan fingerprint density at radius 1 is 0.789 bits per heavy atom. The fraction of sp³-hybridized carbons (Fsp3) is 0.429. The normalized spacial score (nSPS) is 10.3. The first-order chi connectivity index (χ1) is 18.3. The number of carbonyl (C=O) groups excluding carboxylic acids is 4. The summed E-state index contributed by atoms with van der Waals surface area (Å²) in [7, 11) is 3.10. The third-order valence-corrected chi connectivity index (χ3v) is 4.68. The summed E-state index contributed by atoms with van der Waals surface area (Å²) in [5, 5.41) is 12.6. The summed E-state index contributed by atoms with van der Waals surface area (Å²) in [5.41, 5.74) is 0. The maximum Gasteiger partial charge on any atom is 0.340 e. The number of hydrogen-bond donors (Lipinski definition) is 3. The molecule has 0 bridgehead atoms. The zero-order valence-electron chi connectivity index (χ0n) is 22.6. The lowest BCUT2D eigenvalue weighted by molar-refractivity contribution is -0.146. The number of hydrogen-bond acceptors (Lipinski definition) is 8. The van der Waals surface area contributed by atoms with E-state index in [4.69, 9.17) is 19.3 Å². The number of aliphatic hydroxyl groups is 1. The van der Waals surface area contributed by atoms with Gasteiger partial charge < -0.3 is 30.0 Å². The first-order valence-electron chi connectivity index (χ1n) is 12.4. The molecular weight excluding hydrogens is 492 g/mol. The number of unbranched alkanes of at least 4 members (excludes halogenated alkanes) is 2. The maximum absolute atomic E-state index is 11.9. The van der Waals surface area contributed by atoms with Gasteiger partial charge in [0.05, 0.1) is 0 Å². The van der Waals surface area contributed by atoms with E-state index in [0.29, 0.717) is 30.9 Å². The molecule has 0 fully saturated rings. The highest BCUT2D eigenvalue weighted by Crippen LogP contribution is 2.12. The molecule has 0 aliphatic heterocycles. The first kappa shape index (κ1) is 34.2. The van der Waals surface area contributed by atoms with E-state index in [-0.39, 0.29) is 17.8 Å². The lowest BCUT2D eigenvalue weighted by Crippen LogP contribution is -2.26. The quantitative estimate of drug-likeness (QED) is 0.215. The van der Waals surface area contributed by atoms with Crippen LogP contribution in [-0.2, 0) is 23.9 Å². The second-order valence-corrected chi connectivity index (χ2v) is 7.70. The van der Waals surface area contributed by atoms with E-state index in [0.717, 1.165) is 19.3 Å². The Labute approximate surface area is 224 Å². The number of rotatable bonds is 12. The van der Waals surface area contributed by atoms with Gasteiger partial charge in [-0.1, -0.05) is 49.7 Å². The van der Waals surface area contributed by atoms with Gasteiger partial charge >= 0.3 is 11.9 Å². The molecule has 10 nitrogen and oxygen atoms in total. The Morgan fingerprint density at radius 3 is 1.74 bits per heavy atom. The van der Waals surface area contributed by atoms with E-state index in [9.17, 15) is 19.2 Å². The second kappa shape index (κ2) is 22.4. The van der Waals surface area contributed by atoms with E-state index in [2.05, 4.69) is 10.6 Å². The van der Waals surface area contributed by atoms with Crippen LogP contribution in [0.3, 0.4) is 0 Å². The molecule has 0 heterocycles.